The Morgan fingerprint density at radius 2 is 1.76 bits per heavy atom. The number of hydrogen-bond acceptors (Lipinski definition) is 3. The van der Waals surface area contributed by atoms with Crippen LogP contribution in [0.3, 0.4) is 0 Å². The molecule has 33 heavy (non-hydrogen) atoms. The van der Waals surface area contributed by atoms with Crippen LogP contribution in [0.5, 0.6) is 0 Å². The molecule has 1 aromatic heterocycles. The summed E-state index contributed by atoms with van der Waals surface area (Å²) < 4.78 is 2.21. The fourth-order valence-corrected chi connectivity index (χ4v) is 5.22. The third-order valence-electron chi connectivity index (χ3n) is 6.06. The van der Waals surface area contributed by atoms with Crippen molar-refractivity contribution in [3.8, 4) is 5.69 Å². The van der Waals surface area contributed by atoms with Crippen LogP contribution in [0.15, 0.2) is 70.6 Å². The first-order valence-corrected chi connectivity index (χ1v) is 11.7. The molecule has 0 radical (unpaired) electrons. The molecule has 3 heterocycles. The molecular formula is C27H24N4OS. The molecule has 2 aliphatic rings. The van der Waals surface area contributed by atoms with Crippen molar-refractivity contribution in [1.82, 2.24) is 9.47 Å². The second-order valence-electron chi connectivity index (χ2n) is 8.38. The van der Waals surface area contributed by atoms with Crippen LogP contribution >= 0.6 is 11.8 Å². The summed E-state index contributed by atoms with van der Waals surface area (Å²) in [5.41, 5.74) is 8.68. The van der Waals surface area contributed by atoms with E-state index in [0.717, 1.165) is 33.9 Å². The first-order valence-electron chi connectivity index (χ1n) is 10.8. The Balaban J connectivity index is 1.57. The third kappa shape index (κ3) is 3.56. The van der Waals surface area contributed by atoms with Gasteiger partial charge in [0.15, 0.2) is 5.17 Å². The van der Waals surface area contributed by atoms with Crippen molar-refractivity contribution in [3.05, 3.63) is 99.2 Å². The van der Waals surface area contributed by atoms with Crippen molar-refractivity contribution in [2.75, 3.05) is 0 Å². The molecule has 164 valence electrons. The first kappa shape index (κ1) is 21.2. The summed E-state index contributed by atoms with van der Waals surface area (Å²) >= 11 is 1.38. The average molecular weight is 453 g/mol. The van der Waals surface area contributed by atoms with Gasteiger partial charge in [0.1, 0.15) is 5.84 Å². The molecular weight excluding hydrogens is 428 g/mol. The van der Waals surface area contributed by atoms with Gasteiger partial charge in [0.25, 0.3) is 5.91 Å². The largest absolute Gasteiger partial charge is 0.318 e. The van der Waals surface area contributed by atoms with E-state index in [4.69, 9.17) is 5.41 Å². The number of carbonyl (C=O) groups excluding carboxylic acids is 1. The lowest BCUT2D eigenvalue weighted by Gasteiger charge is -2.26. The lowest BCUT2D eigenvalue weighted by atomic mass is 10.1. The summed E-state index contributed by atoms with van der Waals surface area (Å²) in [6, 6.07) is 18.4. The van der Waals surface area contributed by atoms with E-state index in [2.05, 4.69) is 54.6 Å². The predicted molar refractivity (Wildman–Crippen MR) is 137 cm³/mol. The van der Waals surface area contributed by atoms with E-state index in [9.17, 15) is 4.79 Å². The quantitative estimate of drug-likeness (QED) is 0.495. The van der Waals surface area contributed by atoms with Crippen molar-refractivity contribution < 1.29 is 4.79 Å². The van der Waals surface area contributed by atoms with Gasteiger partial charge < -0.3 is 4.57 Å². The Morgan fingerprint density at radius 1 is 1.00 bits per heavy atom. The molecule has 5 nitrogen and oxygen atoms in total. The van der Waals surface area contributed by atoms with E-state index < -0.39 is 0 Å². The van der Waals surface area contributed by atoms with Crippen LogP contribution in [-0.2, 0) is 4.79 Å². The van der Waals surface area contributed by atoms with Gasteiger partial charge >= 0.3 is 0 Å². The number of aryl methyl sites for hydroxylation is 3. The van der Waals surface area contributed by atoms with Crippen molar-refractivity contribution >= 4 is 40.4 Å². The lowest BCUT2D eigenvalue weighted by Crippen LogP contribution is -2.38. The molecule has 1 amide bonds. The zero-order valence-electron chi connectivity index (χ0n) is 19.0. The van der Waals surface area contributed by atoms with Gasteiger partial charge in [-0.2, -0.15) is 4.99 Å². The molecule has 6 heteroatoms. The van der Waals surface area contributed by atoms with Crippen molar-refractivity contribution in [3.63, 3.8) is 0 Å². The number of benzene rings is 2. The number of hydrogen-bond donors (Lipinski definition) is 1. The van der Waals surface area contributed by atoms with Gasteiger partial charge in [0.05, 0.1) is 11.3 Å². The van der Waals surface area contributed by atoms with Gasteiger partial charge in [-0.15, -0.1) is 0 Å². The Labute approximate surface area is 197 Å². The van der Waals surface area contributed by atoms with E-state index in [-0.39, 0.29) is 11.7 Å². The minimum Gasteiger partial charge on any atom is -0.318 e. The van der Waals surface area contributed by atoms with E-state index >= 15 is 0 Å². The third-order valence-corrected chi connectivity index (χ3v) is 6.89. The normalized spacial score (nSPS) is 16.8. The number of nitrogens with zero attached hydrogens (tertiary/aromatic N) is 3. The number of amidine groups is 2. The smallest absolute Gasteiger partial charge is 0.283 e. The Hall–Kier alpha value is -3.64. The molecule has 0 spiro atoms. The summed E-state index contributed by atoms with van der Waals surface area (Å²) in [6.45, 7) is 8.30. The number of fused-ring (bicyclic) bond motifs is 1. The molecule has 0 aliphatic carbocycles. The topological polar surface area (TPSA) is 61.5 Å². The lowest BCUT2D eigenvalue weighted by molar-refractivity contribution is -0.114. The first-order chi connectivity index (χ1) is 15.8. The molecule has 0 fully saturated rings. The summed E-state index contributed by atoms with van der Waals surface area (Å²) in [5.74, 6) is -0.223. The summed E-state index contributed by atoms with van der Waals surface area (Å²) in [5, 5.41) is 11.4. The number of aliphatic imine (C=N–C) groups is 1. The number of amides is 1. The average Bonchev–Trinajstić information content (AvgIpc) is 3.34. The second kappa shape index (κ2) is 8.05. The van der Waals surface area contributed by atoms with Crippen LogP contribution < -0.4 is 0 Å². The fourth-order valence-electron chi connectivity index (χ4n) is 4.33. The fraction of sp³-hybridized carbons (Fsp3) is 0.148. The van der Waals surface area contributed by atoms with E-state index in [1.54, 1.807) is 11.0 Å². The Kier molecular flexibility index (Phi) is 5.17. The molecule has 0 unspecified atom stereocenters. The molecule has 0 saturated carbocycles. The number of rotatable bonds is 3. The van der Waals surface area contributed by atoms with Crippen LogP contribution in [0.1, 0.15) is 33.6 Å². The molecule has 5 rings (SSSR count). The number of aromatic nitrogens is 1. The maximum Gasteiger partial charge on any atom is 0.283 e. The summed E-state index contributed by atoms with van der Waals surface area (Å²) in [7, 11) is 0. The second-order valence-corrected chi connectivity index (χ2v) is 9.22. The molecule has 0 bridgehead atoms. The van der Waals surface area contributed by atoms with Crippen molar-refractivity contribution in [2.45, 2.75) is 27.7 Å². The van der Waals surface area contributed by atoms with Crippen LogP contribution in [0, 0.1) is 33.1 Å². The van der Waals surface area contributed by atoms with Crippen molar-refractivity contribution in [2.24, 2.45) is 4.99 Å². The van der Waals surface area contributed by atoms with Crippen LogP contribution in [-0.4, -0.2) is 26.4 Å². The number of nitrogens with one attached hydrogen (secondary N) is 1. The number of carbonyl (C=O) groups is 1. The van der Waals surface area contributed by atoms with Gasteiger partial charge in [0.2, 0.25) is 0 Å². The van der Waals surface area contributed by atoms with Gasteiger partial charge in [-0.3, -0.25) is 15.1 Å². The maximum absolute atomic E-state index is 12.9. The van der Waals surface area contributed by atoms with Gasteiger partial charge in [-0.05, 0) is 68.2 Å². The highest BCUT2D eigenvalue weighted by Gasteiger charge is 2.36. The minimum absolute atomic E-state index is 0.154. The highest BCUT2D eigenvalue weighted by Crippen LogP contribution is 2.37. The molecule has 0 saturated heterocycles. The zero-order valence-corrected chi connectivity index (χ0v) is 19.8. The Bertz CT molecular complexity index is 1410. The summed E-state index contributed by atoms with van der Waals surface area (Å²) in [4.78, 5) is 19.0. The maximum atomic E-state index is 12.9. The van der Waals surface area contributed by atoms with Crippen molar-refractivity contribution in [1.29, 1.82) is 5.41 Å². The SMILES string of the molecule is Cc1ccc(C)c(-n2c(C)cc(C=C3C(=N)N4C(c5ccccc5)=CSC4=NC3=O)c2C)c1. The van der Waals surface area contributed by atoms with Gasteiger partial charge in [0, 0.05) is 22.5 Å². The van der Waals surface area contributed by atoms with E-state index in [1.807, 2.05) is 42.7 Å². The predicted octanol–water partition coefficient (Wildman–Crippen LogP) is 6.02. The van der Waals surface area contributed by atoms with E-state index in [0.29, 0.717) is 10.7 Å². The highest BCUT2D eigenvalue weighted by atomic mass is 32.2. The number of thioether (sulfide) groups is 1. The van der Waals surface area contributed by atoms with Crippen LogP contribution in [0.4, 0.5) is 0 Å². The molecule has 2 aromatic carbocycles. The van der Waals surface area contributed by atoms with Gasteiger partial charge in [-0.1, -0.05) is 54.2 Å². The monoisotopic (exact) mass is 452 g/mol. The van der Waals surface area contributed by atoms with Gasteiger partial charge in [-0.25, -0.2) is 0 Å². The molecule has 3 aromatic rings. The standard InChI is InChI=1S/C27H24N4OS/c1-16-10-11-17(2)23(12-16)30-18(3)13-21(19(30)4)14-22-25(28)31-24(20-8-6-5-7-9-20)15-33-27(31)29-26(22)32/h5-15,28H,1-4H3. The van der Waals surface area contributed by atoms with Crippen LogP contribution in [0.2, 0.25) is 0 Å². The van der Waals surface area contributed by atoms with Crippen LogP contribution in [0.25, 0.3) is 17.5 Å². The summed E-state index contributed by atoms with van der Waals surface area (Å²) in [6.07, 6.45) is 1.81. The van der Waals surface area contributed by atoms with E-state index in [1.165, 1.54) is 22.9 Å². The molecule has 1 N–H and O–H groups in total. The zero-order chi connectivity index (χ0) is 23.3. The Morgan fingerprint density at radius 3 is 2.52 bits per heavy atom. The molecule has 2 aliphatic heterocycles. The molecule has 0 atom stereocenters. The highest BCUT2D eigenvalue weighted by molar-refractivity contribution is 8.17. The minimum atomic E-state index is -0.377.